The largest absolute Gasteiger partial charge is 0.353 e. The third-order valence-corrected chi connectivity index (χ3v) is 3.47. The third-order valence-electron chi connectivity index (χ3n) is 3.47. The molecule has 23 heavy (non-hydrogen) atoms. The second-order valence-electron chi connectivity index (χ2n) is 5.10. The van der Waals surface area contributed by atoms with E-state index < -0.39 is 11.6 Å². The maximum atomic E-state index is 13.6. The molecule has 4 nitrogen and oxygen atoms in total. The minimum atomic E-state index is -0.453. The minimum Gasteiger partial charge on any atom is -0.353 e. The van der Waals surface area contributed by atoms with Crippen LogP contribution in [0.2, 0.25) is 0 Å². The van der Waals surface area contributed by atoms with Gasteiger partial charge < -0.3 is 14.8 Å². The van der Waals surface area contributed by atoms with Gasteiger partial charge in [-0.1, -0.05) is 0 Å². The molecule has 0 radical (unpaired) electrons. The van der Waals surface area contributed by atoms with Gasteiger partial charge in [-0.05, 0) is 30.3 Å². The van der Waals surface area contributed by atoms with Gasteiger partial charge in [0.2, 0.25) is 0 Å². The van der Waals surface area contributed by atoms with Gasteiger partial charge in [-0.3, -0.25) is 4.99 Å². The fraction of sp³-hybridized carbons (Fsp3) is 0.312. The van der Waals surface area contributed by atoms with Crippen molar-refractivity contribution >= 4 is 29.9 Å². The van der Waals surface area contributed by atoms with Crippen molar-refractivity contribution in [3.05, 3.63) is 59.4 Å². The lowest BCUT2D eigenvalue weighted by Gasteiger charge is -2.22. The first-order chi connectivity index (χ1) is 10.5. The molecule has 1 aromatic heterocycles. The maximum absolute atomic E-state index is 13.6. The highest BCUT2D eigenvalue weighted by Gasteiger charge is 2.10. The minimum absolute atomic E-state index is 0. The number of aromatic nitrogens is 1. The lowest BCUT2D eigenvalue weighted by Crippen LogP contribution is -2.38. The summed E-state index contributed by atoms with van der Waals surface area (Å²) in [6, 6.07) is 7.42. The highest BCUT2D eigenvalue weighted by atomic mass is 127. The Balaban J connectivity index is 0.00000264. The van der Waals surface area contributed by atoms with Crippen molar-refractivity contribution in [2.24, 2.45) is 12.0 Å². The monoisotopic (exact) mass is 434 g/mol. The number of hydrogen-bond donors (Lipinski definition) is 1. The van der Waals surface area contributed by atoms with Crippen molar-refractivity contribution in [2.45, 2.75) is 13.1 Å². The second kappa shape index (κ2) is 8.85. The highest BCUT2D eigenvalue weighted by molar-refractivity contribution is 14.0. The summed E-state index contributed by atoms with van der Waals surface area (Å²) in [6.45, 7) is 0.836. The van der Waals surface area contributed by atoms with Crippen molar-refractivity contribution in [3.63, 3.8) is 0 Å². The average Bonchev–Trinajstić information content (AvgIpc) is 2.88. The van der Waals surface area contributed by atoms with Crippen LogP contribution in [0.1, 0.15) is 11.3 Å². The van der Waals surface area contributed by atoms with E-state index in [9.17, 15) is 8.78 Å². The number of guanidine groups is 1. The molecular weight excluding hydrogens is 413 g/mol. The zero-order valence-electron chi connectivity index (χ0n) is 13.4. The summed E-state index contributed by atoms with van der Waals surface area (Å²) in [6.07, 6.45) is 1.97. The fourth-order valence-corrected chi connectivity index (χ4v) is 2.22. The molecule has 126 valence electrons. The van der Waals surface area contributed by atoms with Crippen molar-refractivity contribution in [2.75, 3.05) is 14.1 Å². The molecule has 1 aromatic carbocycles. The Hall–Kier alpha value is -1.64. The van der Waals surface area contributed by atoms with E-state index in [1.54, 1.807) is 7.05 Å². The predicted octanol–water partition coefficient (Wildman–Crippen LogP) is 3.13. The predicted molar refractivity (Wildman–Crippen MR) is 98.9 cm³/mol. The van der Waals surface area contributed by atoms with E-state index in [0.29, 0.717) is 12.5 Å². The molecule has 0 bridgehead atoms. The van der Waals surface area contributed by atoms with E-state index in [1.807, 2.05) is 41.9 Å². The summed E-state index contributed by atoms with van der Waals surface area (Å²) in [7, 11) is 5.53. The number of aryl methyl sites for hydroxylation is 1. The molecule has 0 saturated carbocycles. The van der Waals surface area contributed by atoms with Crippen LogP contribution in [0.4, 0.5) is 8.78 Å². The Morgan fingerprint density at radius 3 is 2.65 bits per heavy atom. The molecule has 0 fully saturated rings. The first-order valence-electron chi connectivity index (χ1n) is 6.97. The molecule has 0 atom stereocenters. The molecule has 7 heteroatoms. The first-order valence-corrected chi connectivity index (χ1v) is 6.97. The summed E-state index contributed by atoms with van der Waals surface area (Å²) in [5.41, 5.74) is 1.40. The third kappa shape index (κ3) is 5.19. The Kier molecular flexibility index (Phi) is 7.47. The molecule has 0 aliphatic carbocycles. The van der Waals surface area contributed by atoms with Crippen LogP contribution in [0.3, 0.4) is 0 Å². The lowest BCUT2D eigenvalue weighted by molar-refractivity contribution is 0.460. The van der Waals surface area contributed by atoms with Gasteiger partial charge in [0.1, 0.15) is 11.6 Å². The number of nitrogens with zero attached hydrogens (tertiary/aromatic N) is 3. The van der Waals surface area contributed by atoms with Crippen LogP contribution < -0.4 is 5.32 Å². The molecule has 0 unspecified atom stereocenters. The summed E-state index contributed by atoms with van der Waals surface area (Å²) < 4.78 is 28.8. The van der Waals surface area contributed by atoms with Gasteiger partial charge in [-0.15, -0.1) is 24.0 Å². The van der Waals surface area contributed by atoms with Gasteiger partial charge in [0.15, 0.2) is 5.96 Å². The highest BCUT2D eigenvalue weighted by Crippen LogP contribution is 2.10. The normalized spacial score (nSPS) is 11.1. The molecule has 0 spiro atoms. The molecule has 2 aromatic rings. The van der Waals surface area contributed by atoms with Gasteiger partial charge in [-0.2, -0.15) is 0 Å². The molecule has 0 aliphatic heterocycles. The maximum Gasteiger partial charge on any atom is 0.194 e. The van der Waals surface area contributed by atoms with Crippen LogP contribution in [0.5, 0.6) is 0 Å². The van der Waals surface area contributed by atoms with E-state index in [1.165, 1.54) is 6.07 Å². The van der Waals surface area contributed by atoms with Crippen LogP contribution in [-0.4, -0.2) is 29.5 Å². The number of aliphatic imine (C=N–C) groups is 1. The van der Waals surface area contributed by atoms with E-state index >= 15 is 0 Å². The van der Waals surface area contributed by atoms with Crippen LogP contribution in [0.15, 0.2) is 41.5 Å². The Morgan fingerprint density at radius 1 is 1.30 bits per heavy atom. The van der Waals surface area contributed by atoms with Gasteiger partial charge in [0.05, 0.1) is 6.54 Å². The number of halogens is 3. The molecule has 0 aliphatic rings. The Morgan fingerprint density at radius 2 is 2.04 bits per heavy atom. The second-order valence-corrected chi connectivity index (χ2v) is 5.10. The molecule has 0 saturated heterocycles. The van der Waals surface area contributed by atoms with Crippen molar-refractivity contribution in [1.29, 1.82) is 0 Å². The number of benzene rings is 1. The van der Waals surface area contributed by atoms with E-state index in [0.717, 1.165) is 17.8 Å². The zero-order valence-corrected chi connectivity index (χ0v) is 15.7. The van der Waals surface area contributed by atoms with Crippen LogP contribution in [0.25, 0.3) is 0 Å². The average molecular weight is 434 g/mol. The molecule has 2 rings (SSSR count). The van der Waals surface area contributed by atoms with Crippen LogP contribution in [0, 0.1) is 11.6 Å². The summed E-state index contributed by atoms with van der Waals surface area (Å²) in [5.74, 6) is -0.273. The number of rotatable bonds is 4. The summed E-state index contributed by atoms with van der Waals surface area (Å²) in [4.78, 5) is 6.09. The molecule has 0 amide bonds. The lowest BCUT2D eigenvalue weighted by atomic mass is 10.2. The summed E-state index contributed by atoms with van der Waals surface area (Å²) in [5, 5.41) is 3.05. The molecule has 1 N–H and O–H groups in total. The van der Waals surface area contributed by atoms with E-state index in [4.69, 9.17) is 0 Å². The number of hydrogen-bond acceptors (Lipinski definition) is 1. The van der Waals surface area contributed by atoms with E-state index in [2.05, 4.69) is 10.3 Å². The zero-order chi connectivity index (χ0) is 16.1. The van der Waals surface area contributed by atoms with Gasteiger partial charge in [0.25, 0.3) is 0 Å². The standard InChI is InChI=1S/C16H20F2N4.HI/c1-19-16(22(3)11-14-5-4-8-21(14)2)20-10-12-9-13(17)6-7-15(12)18;/h4-9H,10-11H2,1-3H3,(H,19,20);1H. The van der Waals surface area contributed by atoms with Gasteiger partial charge >= 0.3 is 0 Å². The molecule has 1 heterocycles. The van der Waals surface area contributed by atoms with Crippen LogP contribution in [-0.2, 0) is 20.1 Å². The van der Waals surface area contributed by atoms with Crippen molar-refractivity contribution in [1.82, 2.24) is 14.8 Å². The topological polar surface area (TPSA) is 32.6 Å². The Bertz CT molecular complexity index is 670. The summed E-state index contributed by atoms with van der Waals surface area (Å²) >= 11 is 0. The van der Waals surface area contributed by atoms with Crippen molar-refractivity contribution in [3.8, 4) is 0 Å². The van der Waals surface area contributed by atoms with Crippen LogP contribution >= 0.6 is 24.0 Å². The number of nitrogens with one attached hydrogen (secondary N) is 1. The van der Waals surface area contributed by atoms with Gasteiger partial charge in [-0.25, -0.2) is 8.78 Å². The van der Waals surface area contributed by atoms with Crippen molar-refractivity contribution < 1.29 is 8.78 Å². The smallest absolute Gasteiger partial charge is 0.194 e. The quantitative estimate of drug-likeness (QED) is 0.456. The van der Waals surface area contributed by atoms with Gasteiger partial charge in [0, 0.05) is 45.1 Å². The molecular formula is C16H21F2IN4. The fourth-order valence-electron chi connectivity index (χ4n) is 2.22. The Labute approximate surface area is 152 Å². The SMILES string of the molecule is CN=C(NCc1cc(F)ccc1F)N(C)Cc1cccn1C.I. The van der Waals surface area contributed by atoms with E-state index in [-0.39, 0.29) is 36.1 Å². The first kappa shape index (κ1) is 19.4.